The smallest absolute Gasteiger partial charge is 0.306 e. The minimum Gasteiger partial charge on any atom is -0.481 e. The molecule has 2 unspecified atom stereocenters. The third kappa shape index (κ3) is 2.32. The zero-order chi connectivity index (χ0) is 14.4. The van der Waals surface area contributed by atoms with Crippen LogP contribution in [-0.2, 0) is 17.6 Å². The minimum absolute atomic E-state index is 0.271. The maximum Gasteiger partial charge on any atom is 0.306 e. The van der Waals surface area contributed by atoms with Crippen molar-refractivity contribution in [2.24, 2.45) is 5.92 Å². The van der Waals surface area contributed by atoms with Gasteiger partial charge in [-0.1, -0.05) is 0 Å². The van der Waals surface area contributed by atoms with Gasteiger partial charge in [0.05, 0.1) is 12.0 Å². The van der Waals surface area contributed by atoms with Crippen molar-refractivity contribution >= 4 is 5.97 Å². The summed E-state index contributed by atoms with van der Waals surface area (Å²) < 4.78 is 0. The minimum atomic E-state index is -0.701. The first-order valence-corrected chi connectivity index (χ1v) is 7.74. The van der Waals surface area contributed by atoms with Gasteiger partial charge in [0.15, 0.2) is 0 Å². The molecule has 0 aromatic carbocycles. The lowest BCUT2D eigenvalue weighted by Gasteiger charge is -2.46. The highest BCUT2D eigenvalue weighted by atomic mass is 16.4. The lowest BCUT2D eigenvalue weighted by molar-refractivity contribution is -0.142. The molecule has 3 fully saturated rings. The Kier molecular flexibility index (Phi) is 3.15. The lowest BCUT2D eigenvalue weighted by atomic mass is 9.87. The van der Waals surface area contributed by atoms with Crippen LogP contribution in [-0.4, -0.2) is 63.6 Å². The van der Waals surface area contributed by atoms with Crippen molar-refractivity contribution in [1.29, 1.82) is 0 Å². The number of carboxylic acids is 1. The Morgan fingerprint density at radius 1 is 1.29 bits per heavy atom. The molecule has 0 amide bonds. The van der Waals surface area contributed by atoms with Gasteiger partial charge in [0.1, 0.15) is 5.82 Å². The molecule has 112 valence electrons. The number of aliphatic carboxylic acids is 1. The summed E-state index contributed by atoms with van der Waals surface area (Å²) in [6.45, 7) is 5.54. The Bertz CT molecular complexity index is 569. The van der Waals surface area contributed by atoms with Crippen molar-refractivity contribution in [2.45, 2.75) is 25.3 Å². The second-order valence-corrected chi connectivity index (χ2v) is 6.33. The highest BCUT2D eigenvalue weighted by Crippen LogP contribution is 2.29. The summed E-state index contributed by atoms with van der Waals surface area (Å²) in [7, 11) is 0. The molecular weight excluding hydrogens is 268 g/mol. The summed E-state index contributed by atoms with van der Waals surface area (Å²) >= 11 is 0. The van der Waals surface area contributed by atoms with E-state index in [-0.39, 0.29) is 5.92 Å². The van der Waals surface area contributed by atoms with Gasteiger partial charge in [-0.25, -0.2) is 9.97 Å². The molecule has 3 aliphatic heterocycles. The molecule has 4 aliphatic rings. The topological polar surface area (TPSA) is 69.6 Å². The van der Waals surface area contributed by atoms with Crippen LogP contribution in [0.15, 0.2) is 6.20 Å². The number of aromatic nitrogens is 2. The van der Waals surface area contributed by atoms with E-state index in [1.54, 1.807) is 0 Å². The highest BCUT2D eigenvalue weighted by molar-refractivity contribution is 5.70. The second-order valence-electron chi connectivity index (χ2n) is 6.33. The number of hydrogen-bond donors (Lipinski definition) is 1. The van der Waals surface area contributed by atoms with Crippen LogP contribution in [0.1, 0.15) is 29.5 Å². The number of hydrogen-bond acceptors (Lipinski definition) is 5. The fourth-order valence-corrected chi connectivity index (χ4v) is 3.76. The van der Waals surface area contributed by atoms with Crippen molar-refractivity contribution in [1.82, 2.24) is 19.8 Å². The van der Waals surface area contributed by atoms with E-state index in [1.807, 2.05) is 6.20 Å². The molecule has 0 saturated carbocycles. The van der Waals surface area contributed by atoms with Gasteiger partial charge in [-0.2, -0.15) is 0 Å². The molecule has 6 nitrogen and oxygen atoms in total. The Morgan fingerprint density at radius 2 is 2.10 bits per heavy atom. The molecule has 4 heterocycles. The average molecular weight is 288 g/mol. The quantitative estimate of drug-likeness (QED) is 0.846. The SMILES string of the molecule is O=C(O)C1CCc2nc(C3CN4CCN3CC4)ncc2C1. The van der Waals surface area contributed by atoms with Gasteiger partial charge in [-0.3, -0.25) is 14.6 Å². The van der Waals surface area contributed by atoms with Crippen LogP contribution in [0.3, 0.4) is 0 Å². The summed E-state index contributed by atoms with van der Waals surface area (Å²) in [5.74, 6) is -0.0485. The van der Waals surface area contributed by atoms with E-state index in [2.05, 4.69) is 14.8 Å². The standard InChI is InChI=1S/C15H20N4O2/c20-15(21)10-1-2-12-11(7-10)8-16-14(17-12)13-9-18-3-5-19(13)6-4-18/h8,10,13H,1-7,9H2,(H,20,21). The van der Waals surface area contributed by atoms with Gasteiger partial charge in [0.25, 0.3) is 0 Å². The number of aryl methyl sites for hydroxylation is 1. The molecule has 2 atom stereocenters. The van der Waals surface area contributed by atoms with Crippen LogP contribution in [0.25, 0.3) is 0 Å². The van der Waals surface area contributed by atoms with Crippen molar-refractivity contribution in [2.75, 3.05) is 32.7 Å². The van der Waals surface area contributed by atoms with Gasteiger partial charge in [-0.15, -0.1) is 0 Å². The van der Waals surface area contributed by atoms with Crippen molar-refractivity contribution in [3.8, 4) is 0 Å². The highest BCUT2D eigenvalue weighted by Gasteiger charge is 2.35. The van der Waals surface area contributed by atoms with E-state index in [1.165, 1.54) is 0 Å². The summed E-state index contributed by atoms with van der Waals surface area (Å²) in [4.78, 5) is 25.4. The molecule has 21 heavy (non-hydrogen) atoms. The van der Waals surface area contributed by atoms with Crippen LogP contribution in [0.5, 0.6) is 0 Å². The van der Waals surface area contributed by atoms with Crippen LogP contribution in [0.2, 0.25) is 0 Å². The van der Waals surface area contributed by atoms with Gasteiger partial charge in [-0.05, 0) is 24.8 Å². The maximum atomic E-state index is 11.1. The average Bonchev–Trinajstić information content (AvgIpc) is 2.54. The number of fused-ring (bicyclic) bond motifs is 4. The molecule has 5 rings (SSSR count). The molecule has 1 aromatic heterocycles. The predicted molar refractivity (Wildman–Crippen MR) is 75.9 cm³/mol. The van der Waals surface area contributed by atoms with Gasteiger partial charge in [0, 0.05) is 44.6 Å². The summed E-state index contributed by atoms with van der Waals surface area (Å²) in [6.07, 6.45) is 3.90. The molecule has 6 heteroatoms. The van der Waals surface area contributed by atoms with E-state index in [9.17, 15) is 4.79 Å². The Hall–Kier alpha value is -1.53. The maximum absolute atomic E-state index is 11.1. The molecular formula is C15H20N4O2. The number of rotatable bonds is 2. The third-order valence-corrected chi connectivity index (χ3v) is 5.09. The molecule has 3 saturated heterocycles. The second kappa shape index (κ2) is 5.03. The monoisotopic (exact) mass is 288 g/mol. The van der Waals surface area contributed by atoms with Crippen LogP contribution in [0.4, 0.5) is 0 Å². The van der Waals surface area contributed by atoms with E-state index in [0.29, 0.717) is 18.9 Å². The summed E-state index contributed by atoms with van der Waals surface area (Å²) in [5, 5.41) is 9.14. The van der Waals surface area contributed by atoms with Crippen LogP contribution >= 0.6 is 0 Å². The van der Waals surface area contributed by atoms with Crippen LogP contribution in [0, 0.1) is 5.92 Å². The van der Waals surface area contributed by atoms with Crippen molar-refractivity contribution in [3.05, 3.63) is 23.3 Å². The predicted octanol–water partition coefficient (Wildman–Crippen LogP) is 0.338. The van der Waals surface area contributed by atoms with Gasteiger partial charge < -0.3 is 5.11 Å². The first kappa shape index (κ1) is 13.2. The first-order valence-electron chi connectivity index (χ1n) is 7.74. The largest absolute Gasteiger partial charge is 0.481 e. The molecule has 1 N–H and O–H groups in total. The van der Waals surface area contributed by atoms with Gasteiger partial charge in [0.2, 0.25) is 0 Å². The number of carboxylic acid groups (broad SMARTS) is 1. The fourth-order valence-electron chi connectivity index (χ4n) is 3.76. The molecule has 2 bridgehead atoms. The van der Waals surface area contributed by atoms with Crippen molar-refractivity contribution < 1.29 is 9.90 Å². The van der Waals surface area contributed by atoms with E-state index in [4.69, 9.17) is 10.1 Å². The van der Waals surface area contributed by atoms with E-state index in [0.717, 1.165) is 56.2 Å². The first-order chi connectivity index (χ1) is 10.2. The molecule has 0 radical (unpaired) electrons. The lowest BCUT2D eigenvalue weighted by Crippen LogP contribution is -2.57. The van der Waals surface area contributed by atoms with E-state index < -0.39 is 5.97 Å². The number of piperazine rings is 3. The third-order valence-electron chi connectivity index (χ3n) is 5.09. The summed E-state index contributed by atoms with van der Waals surface area (Å²) in [6, 6.07) is 0.315. The van der Waals surface area contributed by atoms with E-state index >= 15 is 0 Å². The normalized spacial score (nSPS) is 34.5. The molecule has 0 spiro atoms. The molecule has 1 aromatic rings. The van der Waals surface area contributed by atoms with Crippen molar-refractivity contribution in [3.63, 3.8) is 0 Å². The Balaban J connectivity index is 1.58. The fraction of sp³-hybridized carbons (Fsp3) is 0.667. The summed E-state index contributed by atoms with van der Waals surface area (Å²) in [5.41, 5.74) is 2.09. The zero-order valence-corrected chi connectivity index (χ0v) is 12.0. The zero-order valence-electron chi connectivity index (χ0n) is 12.0. The number of carbonyl (C=O) groups is 1. The Labute approximate surface area is 123 Å². The molecule has 1 aliphatic carbocycles. The number of nitrogens with zero attached hydrogens (tertiary/aromatic N) is 4. The van der Waals surface area contributed by atoms with Crippen LogP contribution < -0.4 is 0 Å². The Morgan fingerprint density at radius 3 is 2.76 bits per heavy atom. The van der Waals surface area contributed by atoms with Gasteiger partial charge >= 0.3 is 5.97 Å².